The summed E-state index contributed by atoms with van der Waals surface area (Å²) in [4.78, 5) is 11.0. The molecule has 4 heteroatoms. The molecule has 3 nitrogen and oxygen atoms in total. The highest BCUT2D eigenvalue weighted by atomic mass is 32.2. The van der Waals surface area contributed by atoms with Crippen LogP contribution >= 0.6 is 11.8 Å². The maximum Gasteiger partial charge on any atom is 0.319 e. The number of rotatable bonds is 4. The second-order valence-electron chi connectivity index (χ2n) is 4.68. The van der Waals surface area contributed by atoms with Crippen molar-refractivity contribution in [1.29, 1.82) is 0 Å². The van der Waals surface area contributed by atoms with Crippen LogP contribution in [0.2, 0.25) is 0 Å². The summed E-state index contributed by atoms with van der Waals surface area (Å²) < 4.78 is 5.02. The molecule has 1 aliphatic rings. The van der Waals surface area contributed by atoms with Crippen molar-refractivity contribution in [2.45, 2.75) is 31.1 Å². The molecule has 1 aromatic carbocycles. The summed E-state index contributed by atoms with van der Waals surface area (Å²) in [5.41, 5.74) is 1.21. The average molecular weight is 252 g/mol. The maximum absolute atomic E-state index is 11.0. The number of fused-ring (bicyclic) bond motifs is 1. The van der Waals surface area contributed by atoms with Crippen molar-refractivity contribution in [1.82, 2.24) is 0 Å². The van der Waals surface area contributed by atoms with Gasteiger partial charge in [0.05, 0.1) is 0 Å². The van der Waals surface area contributed by atoms with E-state index in [0.29, 0.717) is 5.75 Å². The highest BCUT2D eigenvalue weighted by Crippen LogP contribution is 2.32. The summed E-state index contributed by atoms with van der Waals surface area (Å²) in [5.74, 6) is 0.859. The smallest absolute Gasteiger partial charge is 0.319 e. The number of thioether (sulfide) groups is 1. The number of carboxylic acid groups (broad SMARTS) is 1. The van der Waals surface area contributed by atoms with Gasteiger partial charge in [0.2, 0.25) is 0 Å². The van der Waals surface area contributed by atoms with E-state index in [0.717, 1.165) is 12.2 Å². The van der Waals surface area contributed by atoms with Crippen molar-refractivity contribution in [3.63, 3.8) is 0 Å². The molecule has 0 saturated heterocycles. The quantitative estimate of drug-likeness (QED) is 0.894. The van der Waals surface area contributed by atoms with Crippen LogP contribution in [0, 0.1) is 0 Å². The lowest BCUT2D eigenvalue weighted by Crippen LogP contribution is -2.30. The Hall–Kier alpha value is -1.16. The normalized spacial score (nSPS) is 18.6. The third-order valence-electron chi connectivity index (χ3n) is 2.86. The molecule has 1 unspecified atom stereocenters. The number of carboxylic acids is 1. The third kappa shape index (κ3) is 2.75. The van der Waals surface area contributed by atoms with Crippen LogP contribution in [0.5, 0.6) is 5.75 Å². The number of ether oxygens (including phenoxy) is 1. The van der Waals surface area contributed by atoms with E-state index in [1.165, 1.54) is 17.3 Å². The fourth-order valence-corrected chi connectivity index (χ4v) is 2.62. The first-order chi connectivity index (χ1) is 7.99. The molecule has 1 aromatic rings. The Bertz CT molecular complexity index is 403. The van der Waals surface area contributed by atoms with Crippen molar-refractivity contribution in [3.8, 4) is 5.75 Å². The summed E-state index contributed by atoms with van der Waals surface area (Å²) in [6, 6.07) is 7.97. The van der Waals surface area contributed by atoms with Crippen LogP contribution in [-0.4, -0.2) is 27.7 Å². The van der Waals surface area contributed by atoms with Gasteiger partial charge in [-0.05, 0) is 25.5 Å². The molecule has 92 valence electrons. The van der Waals surface area contributed by atoms with Gasteiger partial charge in [0.25, 0.3) is 0 Å². The van der Waals surface area contributed by atoms with Gasteiger partial charge in [-0.3, -0.25) is 4.79 Å². The van der Waals surface area contributed by atoms with Crippen LogP contribution in [0.1, 0.15) is 19.4 Å². The molecule has 17 heavy (non-hydrogen) atoms. The van der Waals surface area contributed by atoms with Gasteiger partial charge in [0.1, 0.15) is 16.6 Å². The molecular weight excluding hydrogens is 236 g/mol. The lowest BCUT2D eigenvalue weighted by atomic mass is 10.1. The van der Waals surface area contributed by atoms with Gasteiger partial charge in [-0.25, -0.2) is 0 Å². The van der Waals surface area contributed by atoms with Gasteiger partial charge >= 0.3 is 5.97 Å². The Balaban J connectivity index is 1.91. The van der Waals surface area contributed by atoms with Crippen LogP contribution in [0.3, 0.4) is 0 Å². The lowest BCUT2D eigenvalue weighted by Gasteiger charge is -2.20. The number of benzene rings is 1. The topological polar surface area (TPSA) is 46.5 Å². The first-order valence-corrected chi connectivity index (χ1v) is 6.59. The van der Waals surface area contributed by atoms with Crippen LogP contribution in [0.25, 0.3) is 0 Å². The van der Waals surface area contributed by atoms with E-state index in [2.05, 4.69) is 6.07 Å². The Morgan fingerprint density at radius 2 is 2.24 bits per heavy atom. The van der Waals surface area contributed by atoms with Crippen molar-refractivity contribution in [2.24, 2.45) is 0 Å². The number of hydrogen-bond donors (Lipinski definition) is 1. The summed E-state index contributed by atoms with van der Waals surface area (Å²) in [7, 11) is 0. The molecule has 0 bridgehead atoms. The van der Waals surface area contributed by atoms with E-state index in [4.69, 9.17) is 9.84 Å². The van der Waals surface area contributed by atoms with E-state index >= 15 is 0 Å². The van der Waals surface area contributed by atoms with Crippen LogP contribution in [0.15, 0.2) is 24.3 Å². The standard InChI is InChI=1S/C13H16O3S/c1-13(2,12(14)15)17-8-10-7-9-5-3-4-6-11(9)16-10/h3-6,10H,7-8H2,1-2H3,(H,14,15). The SMILES string of the molecule is CC(C)(SCC1Cc2ccccc2O1)C(=O)O. The van der Waals surface area contributed by atoms with Crippen LogP contribution < -0.4 is 4.74 Å². The second-order valence-corrected chi connectivity index (χ2v) is 6.32. The lowest BCUT2D eigenvalue weighted by molar-refractivity contribution is -0.138. The zero-order valence-electron chi connectivity index (χ0n) is 9.97. The average Bonchev–Trinajstić information content (AvgIpc) is 2.69. The third-order valence-corrected chi connectivity index (χ3v) is 4.29. The molecule has 0 radical (unpaired) electrons. The Kier molecular flexibility index (Phi) is 3.33. The minimum Gasteiger partial charge on any atom is -0.489 e. The molecule has 0 aliphatic carbocycles. The molecule has 0 fully saturated rings. The van der Waals surface area contributed by atoms with Gasteiger partial charge in [-0.1, -0.05) is 18.2 Å². The molecule has 2 rings (SSSR count). The molecule has 1 atom stereocenters. The Morgan fingerprint density at radius 1 is 1.53 bits per heavy atom. The second kappa shape index (κ2) is 4.61. The van der Waals surface area contributed by atoms with E-state index in [1.807, 2.05) is 18.2 Å². The first-order valence-electron chi connectivity index (χ1n) is 5.61. The van der Waals surface area contributed by atoms with E-state index in [9.17, 15) is 4.79 Å². The zero-order chi connectivity index (χ0) is 12.5. The van der Waals surface area contributed by atoms with Gasteiger partial charge in [0.15, 0.2) is 0 Å². The van der Waals surface area contributed by atoms with E-state index in [1.54, 1.807) is 13.8 Å². The van der Waals surface area contributed by atoms with Crippen LogP contribution in [0.4, 0.5) is 0 Å². The van der Waals surface area contributed by atoms with E-state index < -0.39 is 10.7 Å². The number of carbonyl (C=O) groups is 1. The summed E-state index contributed by atoms with van der Waals surface area (Å²) >= 11 is 1.43. The highest BCUT2D eigenvalue weighted by molar-refractivity contribution is 8.01. The number of aliphatic carboxylic acids is 1. The van der Waals surface area contributed by atoms with Crippen molar-refractivity contribution in [3.05, 3.63) is 29.8 Å². The summed E-state index contributed by atoms with van der Waals surface area (Å²) in [6.07, 6.45) is 0.967. The van der Waals surface area contributed by atoms with Crippen molar-refractivity contribution >= 4 is 17.7 Å². The minimum atomic E-state index is -0.780. The predicted octanol–water partition coefficient (Wildman–Crippen LogP) is 2.59. The number of para-hydroxylation sites is 1. The van der Waals surface area contributed by atoms with Crippen LogP contribution in [-0.2, 0) is 11.2 Å². The molecular formula is C13H16O3S. The Morgan fingerprint density at radius 3 is 2.88 bits per heavy atom. The predicted molar refractivity (Wildman–Crippen MR) is 68.7 cm³/mol. The molecule has 0 aromatic heterocycles. The fourth-order valence-electron chi connectivity index (χ4n) is 1.71. The molecule has 1 heterocycles. The number of hydrogen-bond acceptors (Lipinski definition) is 3. The molecule has 1 N–H and O–H groups in total. The summed E-state index contributed by atoms with van der Waals surface area (Å²) in [5, 5.41) is 9.03. The van der Waals surface area contributed by atoms with Gasteiger partial charge < -0.3 is 9.84 Å². The monoisotopic (exact) mass is 252 g/mol. The van der Waals surface area contributed by atoms with E-state index in [-0.39, 0.29) is 6.10 Å². The molecule has 1 aliphatic heterocycles. The first kappa shape index (κ1) is 12.3. The van der Waals surface area contributed by atoms with Gasteiger partial charge in [-0.2, -0.15) is 0 Å². The maximum atomic E-state index is 11.0. The molecule has 0 saturated carbocycles. The molecule has 0 spiro atoms. The fraction of sp³-hybridized carbons (Fsp3) is 0.462. The molecule has 0 amide bonds. The van der Waals surface area contributed by atoms with Crippen molar-refractivity contribution in [2.75, 3.05) is 5.75 Å². The van der Waals surface area contributed by atoms with Crippen molar-refractivity contribution < 1.29 is 14.6 Å². The Labute approximate surface area is 105 Å². The minimum absolute atomic E-state index is 0.0935. The van der Waals surface area contributed by atoms with Gasteiger partial charge in [0, 0.05) is 12.2 Å². The van der Waals surface area contributed by atoms with Gasteiger partial charge in [-0.15, -0.1) is 11.8 Å². The highest BCUT2D eigenvalue weighted by Gasteiger charge is 2.31. The summed E-state index contributed by atoms with van der Waals surface area (Å²) in [6.45, 7) is 3.45. The zero-order valence-corrected chi connectivity index (χ0v) is 10.8. The largest absolute Gasteiger partial charge is 0.489 e.